The molecular weight excluding hydrogens is 354 g/mol. The molecule has 1 unspecified atom stereocenters. The lowest BCUT2D eigenvalue weighted by atomic mass is 10.1. The molecule has 1 amide bonds. The maximum atomic E-state index is 12.9. The van der Waals surface area contributed by atoms with Crippen molar-refractivity contribution in [2.45, 2.75) is 40.3 Å². The zero-order valence-corrected chi connectivity index (χ0v) is 16.3. The third kappa shape index (κ3) is 3.67. The molecule has 3 rings (SSSR count). The van der Waals surface area contributed by atoms with E-state index >= 15 is 0 Å². The molecule has 0 aliphatic heterocycles. The smallest absolute Gasteiger partial charge is 0.263 e. The van der Waals surface area contributed by atoms with Gasteiger partial charge in [-0.1, -0.05) is 13.8 Å². The number of carbonyl (C=O) groups is 1. The van der Waals surface area contributed by atoms with Crippen molar-refractivity contribution in [3.05, 3.63) is 39.1 Å². The Morgan fingerprint density at radius 2 is 2.08 bits per heavy atom. The van der Waals surface area contributed by atoms with Crippen LogP contribution in [0.1, 0.15) is 25.6 Å². The highest BCUT2D eigenvalue weighted by Crippen LogP contribution is 2.34. The van der Waals surface area contributed by atoms with E-state index in [1.807, 2.05) is 45.2 Å². The number of hydrogen-bond donors (Lipinski definition) is 1. The normalized spacial score (nSPS) is 12.7. The van der Waals surface area contributed by atoms with Gasteiger partial charge in [-0.05, 0) is 31.9 Å². The molecule has 0 radical (unpaired) electrons. The molecule has 0 saturated carbocycles. The van der Waals surface area contributed by atoms with Crippen LogP contribution in [-0.4, -0.2) is 21.5 Å². The average Bonchev–Trinajstić information content (AvgIpc) is 3.16. The van der Waals surface area contributed by atoms with Crippen molar-refractivity contribution in [2.24, 2.45) is 5.92 Å². The van der Waals surface area contributed by atoms with E-state index in [2.05, 4.69) is 10.3 Å². The van der Waals surface area contributed by atoms with Crippen molar-refractivity contribution >= 4 is 38.8 Å². The zero-order valence-electron chi connectivity index (χ0n) is 14.7. The fourth-order valence-electron chi connectivity index (χ4n) is 2.46. The van der Waals surface area contributed by atoms with Gasteiger partial charge in [-0.2, -0.15) is 0 Å². The van der Waals surface area contributed by atoms with Gasteiger partial charge in [0.05, 0.1) is 11.7 Å². The Balaban J connectivity index is 1.94. The van der Waals surface area contributed by atoms with Gasteiger partial charge in [-0.15, -0.1) is 22.7 Å². The highest BCUT2D eigenvalue weighted by Gasteiger charge is 2.16. The number of rotatable bonds is 5. The molecule has 0 spiro atoms. The van der Waals surface area contributed by atoms with Crippen LogP contribution < -0.4 is 10.9 Å². The van der Waals surface area contributed by atoms with E-state index in [1.54, 1.807) is 11.3 Å². The molecule has 25 heavy (non-hydrogen) atoms. The molecule has 0 saturated heterocycles. The minimum Gasteiger partial charge on any atom is -0.352 e. The van der Waals surface area contributed by atoms with Crippen LogP contribution in [0.15, 0.2) is 28.6 Å². The molecule has 1 N–H and O–H groups in total. The molecule has 7 heteroatoms. The first-order valence-electron chi connectivity index (χ1n) is 8.19. The summed E-state index contributed by atoms with van der Waals surface area (Å²) in [5.74, 6) is 0.167. The standard InChI is InChI=1S/C18H21N3O2S2/c1-10(2)12(4)20-15(22)7-21-9-19-17-16(18(21)23)13(8-24-17)14-6-5-11(3)25-14/h5-6,8-10,12H,7H2,1-4H3,(H,20,22). The van der Waals surface area contributed by atoms with E-state index in [0.717, 1.165) is 10.4 Å². The monoisotopic (exact) mass is 375 g/mol. The van der Waals surface area contributed by atoms with Gasteiger partial charge in [0, 0.05) is 26.7 Å². The van der Waals surface area contributed by atoms with Crippen molar-refractivity contribution in [3.63, 3.8) is 0 Å². The second-order valence-electron chi connectivity index (χ2n) is 6.52. The predicted octanol–water partition coefficient (Wildman–Crippen LogP) is 3.66. The lowest BCUT2D eigenvalue weighted by Gasteiger charge is -2.17. The van der Waals surface area contributed by atoms with Gasteiger partial charge in [0.15, 0.2) is 0 Å². The molecule has 132 valence electrons. The summed E-state index contributed by atoms with van der Waals surface area (Å²) in [6.45, 7) is 8.08. The number of nitrogens with zero attached hydrogens (tertiary/aromatic N) is 2. The molecule has 3 aromatic heterocycles. The summed E-state index contributed by atoms with van der Waals surface area (Å²) in [5, 5.41) is 5.49. The van der Waals surface area contributed by atoms with E-state index in [-0.39, 0.29) is 24.1 Å². The van der Waals surface area contributed by atoms with Crippen LogP contribution in [0.5, 0.6) is 0 Å². The fourth-order valence-corrected chi connectivity index (χ4v) is 4.32. The number of aromatic nitrogens is 2. The van der Waals surface area contributed by atoms with Crippen molar-refractivity contribution in [3.8, 4) is 10.4 Å². The summed E-state index contributed by atoms with van der Waals surface area (Å²) in [6, 6.07) is 4.12. The zero-order chi connectivity index (χ0) is 18.1. The van der Waals surface area contributed by atoms with Crippen molar-refractivity contribution in [2.75, 3.05) is 0 Å². The predicted molar refractivity (Wildman–Crippen MR) is 104 cm³/mol. The third-order valence-electron chi connectivity index (χ3n) is 4.27. The van der Waals surface area contributed by atoms with E-state index in [0.29, 0.717) is 16.1 Å². The lowest BCUT2D eigenvalue weighted by Crippen LogP contribution is -2.39. The second kappa shape index (κ2) is 7.09. The summed E-state index contributed by atoms with van der Waals surface area (Å²) in [6.07, 6.45) is 1.46. The first-order chi connectivity index (χ1) is 11.9. The molecule has 3 heterocycles. The first-order valence-corrected chi connectivity index (χ1v) is 9.89. The van der Waals surface area contributed by atoms with Gasteiger partial charge in [-0.3, -0.25) is 14.2 Å². The number of thiophene rings is 2. The minimum atomic E-state index is -0.173. The maximum Gasteiger partial charge on any atom is 0.263 e. The Morgan fingerprint density at radius 1 is 1.32 bits per heavy atom. The van der Waals surface area contributed by atoms with Crippen molar-refractivity contribution in [1.82, 2.24) is 14.9 Å². The van der Waals surface area contributed by atoms with Crippen LogP contribution in [0.2, 0.25) is 0 Å². The average molecular weight is 376 g/mol. The van der Waals surface area contributed by atoms with Crippen LogP contribution in [0.3, 0.4) is 0 Å². The minimum absolute atomic E-state index is 0.0163. The van der Waals surface area contributed by atoms with Gasteiger partial charge >= 0.3 is 0 Å². The Morgan fingerprint density at radius 3 is 2.72 bits per heavy atom. The van der Waals surface area contributed by atoms with Crippen LogP contribution in [0, 0.1) is 12.8 Å². The maximum absolute atomic E-state index is 12.9. The summed E-state index contributed by atoms with van der Waals surface area (Å²) in [4.78, 5) is 32.4. The highest BCUT2D eigenvalue weighted by atomic mass is 32.1. The number of hydrogen-bond acceptors (Lipinski definition) is 5. The number of fused-ring (bicyclic) bond motifs is 1. The lowest BCUT2D eigenvalue weighted by molar-refractivity contribution is -0.122. The van der Waals surface area contributed by atoms with Crippen LogP contribution in [0.4, 0.5) is 0 Å². The van der Waals surface area contributed by atoms with Gasteiger partial charge in [0.2, 0.25) is 5.91 Å². The van der Waals surface area contributed by atoms with E-state index in [9.17, 15) is 9.59 Å². The third-order valence-corrected chi connectivity index (χ3v) is 6.19. The van der Waals surface area contributed by atoms with E-state index in [4.69, 9.17) is 0 Å². The topological polar surface area (TPSA) is 64.0 Å². The largest absolute Gasteiger partial charge is 0.352 e. The second-order valence-corrected chi connectivity index (χ2v) is 8.66. The molecule has 0 aliphatic carbocycles. The number of nitrogens with one attached hydrogen (secondary N) is 1. The summed E-state index contributed by atoms with van der Waals surface area (Å²) in [5.41, 5.74) is 0.737. The number of amides is 1. The van der Waals surface area contributed by atoms with Gasteiger partial charge in [0.25, 0.3) is 5.56 Å². The molecule has 0 aromatic carbocycles. The molecule has 0 aliphatic rings. The van der Waals surface area contributed by atoms with Crippen LogP contribution in [0.25, 0.3) is 20.7 Å². The number of aryl methyl sites for hydroxylation is 1. The SMILES string of the molecule is Cc1ccc(-c2csc3ncn(CC(=O)NC(C)C(C)C)c(=O)c23)s1. The Kier molecular flexibility index (Phi) is 5.06. The Bertz CT molecular complexity index is 968. The number of carbonyl (C=O) groups excluding carboxylic acids is 1. The van der Waals surface area contributed by atoms with Crippen molar-refractivity contribution < 1.29 is 4.79 Å². The van der Waals surface area contributed by atoms with Gasteiger partial charge in [0.1, 0.15) is 11.4 Å². The van der Waals surface area contributed by atoms with Crippen LogP contribution in [-0.2, 0) is 11.3 Å². The van der Waals surface area contributed by atoms with Gasteiger partial charge < -0.3 is 5.32 Å². The van der Waals surface area contributed by atoms with E-state index < -0.39 is 0 Å². The molecule has 3 aromatic rings. The Hall–Kier alpha value is -1.99. The highest BCUT2D eigenvalue weighted by molar-refractivity contribution is 7.19. The molecular formula is C18H21N3O2S2. The molecule has 0 fully saturated rings. The molecule has 1 atom stereocenters. The first kappa shape index (κ1) is 17.8. The summed E-state index contributed by atoms with van der Waals surface area (Å²) < 4.78 is 1.39. The quantitative estimate of drug-likeness (QED) is 0.740. The molecule has 0 bridgehead atoms. The Labute approximate surface area is 154 Å². The van der Waals surface area contributed by atoms with Crippen LogP contribution >= 0.6 is 22.7 Å². The summed E-state index contributed by atoms with van der Waals surface area (Å²) >= 11 is 3.11. The molecule has 5 nitrogen and oxygen atoms in total. The van der Waals surface area contributed by atoms with Gasteiger partial charge in [-0.25, -0.2) is 4.98 Å². The summed E-state index contributed by atoms with van der Waals surface area (Å²) in [7, 11) is 0. The van der Waals surface area contributed by atoms with Crippen molar-refractivity contribution in [1.29, 1.82) is 0 Å². The fraction of sp³-hybridized carbons (Fsp3) is 0.389. The van der Waals surface area contributed by atoms with E-state index in [1.165, 1.54) is 27.1 Å².